The van der Waals surface area contributed by atoms with Gasteiger partial charge in [0.1, 0.15) is 17.6 Å². The number of hydrogen-bond donors (Lipinski definition) is 1. The number of halogens is 1. The number of carboxylic acid groups (broad SMARTS) is 1. The van der Waals surface area contributed by atoms with Gasteiger partial charge in [0.05, 0.1) is 6.54 Å². The van der Waals surface area contributed by atoms with Crippen LogP contribution in [0.1, 0.15) is 38.5 Å². The maximum absolute atomic E-state index is 12.3. The molecule has 2 aliphatic rings. The Labute approximate surface area is 152 Å². The predicted octanol–water partition coefficient (Wildman–Crippen LogP) is 3.87. The smallest absolute Gasteiger partial charge is 0.326 e. The van der Waals surface area contributed by atoms with Crippen molar-refractivity contribution in [3.05, 3.63) is 41.1 Å². The van der Waals surface area contributed by atoms with E-state index in [0.717, 1.165) is 25.7 Å². The van der Waals surface area contributed by atoms with Gasteiger partial charge in [-0.05, 0) is 30.5 Å². The molecule has 0 aromatic heterocycles. The Morgan fingerprint density at radius 3 is 2.76 bits per heavy atom. The van der Waals surface area contributed by atoms with E-state index in [1.54, 1.807) is 24.3 Å². The third-order valence-corrected chi connectivity index (χ3v) is 5.12. The lowest BCUT2D eigenvalue weighted by atomic mass is 9.84. The van der Waals surface area contributed by atoms with Gasteiger partial charge in [0.2, 0.25) is 0 Å². The maximum Gasteiger partial charge on any atom is 0.326 e. The SMILES string of the molecule is O=C(O)[C@H](CC1CCCCC1)N1CC(Oc2cccc(Cl)c2)=CC1=O. The molecule has 0 bridgehead atoms. The summed E-state index contributed by atoms with van der Waals surface area (Å²) in [5, 5.41) is 10.2. The second-order valence-corrected chi connectivity index (χ2v) is 7.17. The molecule has 1 aliphatic heterocycles. The third-order valence-electron chi connectivity index (χ3n) is 4.88. The van der Waals surface area contributed by atoms with Crippen LogP contribution in [0.25, 0.3) is 0 Å². The lowest BCUT2D eigenvalue weighted by Gasteiger charge is -2.30. The van der Waals surface area contributed by atoms with Crippen molar-refractivity contribution in [3.63, 3.8) is 0 Å². The van der Waals surface area contributed by atoms with Crippen molar-refractivity contribution in [2.24, 2.45) is 5.92 Å². The van der Waals surface area contributed by atoms with Crippen LogP contribution in [0.2, 0.25) is 5.02 Å². The molecule has 1 aliphatic carbocycles. The molecule has 1 atom stereocenters. The highest BCUT2D eigenvalue weighted by atomic mass is 35.5. The van der Waals surface area contributed by atoms with Crippen LogP contribution in [0.4, 0.5) is 0 Å². The van der Waals surface area contributed by atoms with E-state index in [2.05, 4.69) is 0 Å². The fraction of sp³-hybridized carbons (Fsp3) is 0.474. The van der Waals surface area contributed by atoms with Gasteiger partial charge in [-0.1, -0.05) is 49.8 Å². The minimum atomic E-state index is -0.948. The standard InChI is InChI=1S/C19H22ClNO4/c20-14-7-4-8-15(10-14)25-16-11-18(22)21(12-16)17(19(23)24)9-13-5-2-1-3-6-13/h4,7-8,10-11,13,17H,1-3,5-6,9,12H2,(H,23,24)/t17-/m0/s1. The van der Waals surface area contributed by atoms with Crippen LogP contribution in [-0.4, -0.2) is 34.5 Å². The fourth-order valence-corrected chi connectivity index (χ4v) is 3.80. The molecule has 1 aromatic carbocycles. The van der Waals surface area contributed by atoms with E-state index >= 15 is 0 Å². The predicted molar refractivity (Wildman–Crippen MR) is 94.5 cm³/mol. The van der Waals surface area contributed by atoms with Crippen molar-refractivity contribution < 1.29 is 19.4 Å². The van der Waals surface area contributed by atoms with Crippen molar-refractivity contribution in [1.82, 2.24) is 4.90 Å². The van der Waals surface area contributed by atoms with Crippen molar-refractivity contribution in [2.75, 3.05) is 6.54 Å². The van der Waals surface area contributed by atoms with Gasteiger partial charge in [-0.3, -0.25) is 4.79 Å². The molecule has 1 fully saturated rings. The van der Waals surface area contributed by atoms with E-state index in [1.807, 2.05) is 0 Å². The number of hydrogen-bond acceptors (Lipinski definition) is 3. The summed E-state index contributed by atoms with van der Waals surface area (Å²) >= 11 is 5.93. The molecule has 0 spiro atoms. The Bertz CT molecular complexity index is 682. The van der Waals surface area contributed by atoms with E-state index in [1.165, 1.54) is 17.4 Å². The first kappa shape index (κ1) is 17.8. The summed E-state index contributed by atoms with van der Waals surface area (Å²) in [5.74, 6) is 0.104. The quantitative estimate of drug-likeness (QED) is 0.833. The third kappa shape index (κ3) is 4.54. The van der Waals surface area contributed by atoms with Crippen molar-refractivity contribution >= 4 is 23.5 Å². The number of amides is 1. The first-order chi connectivity index (χ1) is 12.0. The van der Waals surface area contributed by atoms with E-state index in [9.17, 15) is 14.7 Å². The molecule has 1 aromatic rings. The molecule has 6 heteroatoms. The second kappa shape index (κ2) is 7.91. The van der Waals surface area contributed by atoms with Gasteiger partial charge in [-0.2, -0.15) is 0 Å². The molecule has 1 heterocycles. The molecule has 0 saturated heterocycles. The average molecular weight is 364 g/mol. The van der Waals surface area contributed by atoms with Crippen LogP contribution < -0.4 is 4.74 Å². The Morgan fingerprint density at radius 2 is 2.08 bits per heavy atom. The summed E-state index contributed by atoms with van der Waals surface area (Å²) in [5.41, 5.74) is 0. The monoisotopic (exact) mass is 363 g/mol. The highest BCUT2D eigenvalue weighted by Gasteiger charge is 2.36. The zero-order valence-electron chi connectivity index (χ0n) is 14.0. The molecule has 0 radical (unpaired) electrons. The second-order valence-electron chi connectivity index (χ2n) is 6.73. The number of carboxylic acids is 1. The van der Waals surface area contributed by atoms with Gasteiger partial charge < -0.3 is 14.7 Å². The van der Waals surface area contributed by atoms with Crippen LogP contribution in [0.5, 0.6) is 5.75 Å². The minimum Gasteiger partial charge on any atom is -0.480 e. The van der Waals surface area contributed by atoms with Gasteiger partial charge in [0, 0.05) is 11.1 Å². The zero-order valence-corrected chi connectivity index (χ0v) is 14.7. The Balaban J connectivity index is 1.65. The van der Waals surface area contributed by atoms with Crippen molar-refractivity contribution in [2.45, 2.75) is 44.6 Å². The Hall–Kier alpha value is -2.01. The number of carbonyl (C=O) groups is 2. The number of carbonyl (C=O) groups excluding carboxylic acids is 1. The molecule has 1 amide bonds. The minimum absolute atomic E-state index is 0.176. The molecule has 1 saturated carbocycles. The lowest BCUT2D eigenvalue weighted by Crippen LogP contribution is -2.44. The summed E-state index contributed by atoms with van der Waals surface area (Å²) in [6, 6.07) is 6.10. The molecular weight excluding hydrogens is 342 g/mol. The van der Waals surface area contributed by atoms with Gasteiger partial charge in [0.25, 0.3) is 5.91 Å². The number of benzene rings is 1. The fourth-order valence-electron chi connectivity index (χ4n) is 3.62. The molecule has 25 heavy (non-hydrogen) atoms. The maximum atomic E-state index is 12.3. The van der Waals surface area contributed by atoms with Crippen LogP contribution in [0.15, 0.2) is 36.1 Å². The summed E-state index contributed by atoms with van der Waals surface area (Å²) in [4.78, 5) is 25.4. The number of nitrogens with zero attached hydrogens (tertiary/aromatic N) is 1. The first-order valence-electron chi connectivity index (χ1n) is 8.70. The Morgan fingerprint density at radius 1 is 1.32 bits per heavy atom. The van der Waals surface area contributed by atoms with Crippen LogP contribution in [0, 0.1) is 5.92 Å². The summed E-state index contributed by atoms with van der Waals surface area (Å²) in [6.45, 7) is 0.176. The normalized spacial score (nSPS) is 19.6. The Kier molecular flexibility index (Phi) is 5.63. The summed E-state index contributed by atoms with van der Waals surface area (Å²) in [7, 11) is 0. The van der Waals surface area contributed by atoms with Crippen LogP contribution in [-0.2, 0) is 9.59 Å². The topological polar surface area (TPSA) is 66.8 Å². The van der Waals surface area contributed by atoms with Crippen molar-refractivity contribution in [1.29, 1.82) is 0 Å². The van der Waals surface area contributed by atoms with Gasteiger partial charge >= 0.3 is 5.97 Å². The van der Waals surface area contributed by atoms with E-state index in [0.29, 0.717) is 28.9 Å². The van der Waals surface area contributed by atoms with Crippen LogP contribution >= 0.6 is 11.6 Å². The largest absolute Gasteiger partial charge is 0.480 e. The highest BCUT2D eigenvalue weighted by Crippen LogP contribution is 2.30. The molecular formula is C19H22ClNO4. The lowest BCUT2D eigenvalue weighted by molar-refractivity contribution is -0.148. The van der Waals surface area contributed by atoms with Crippen molar-refractivity contribution in [3.8, 4) is 5.75 Å². The molecule has 134 valence electrons. The number of aliphatic carboxylic acids is 1. The van der Waals surface area contributed by atoms with E-state index in [4.69, 9.17) is 16.3 Å². The molecule has 3 rings (SSSR count). The number of ether oxygens (including phenoxy) is 1. The van der Waals surface area contributed by atoms with Gasteiger partial charge in [-0.25, -0.2) is 4.79 Å². The molecule has 5 nitrogen and oxygen atoms in total. The van der Waals surface area contributed by atoms with Gasteiger partial charge in [-0.15, -0.1) is 0 Å². The van der Waals surface area contributed by atoms with E-state index in [-0.39, 0.29) is 12.5 Å². The van der Waals surface area contributed by atoms with Gasteiger partial charge in [0.15, 0.2) is 0 Å². The van der Waals surface area contributed by atoms with Crippen LogP contribution in [0.3, 0.4) is 0 Å². The zero-order chi connectivity index (χ0) is 17.8. The average Bonchev–Trinajstić information content (AvgIpc) is 2.93. The summed E-state index contributed by atoms with van der Waals surface area (Å²) < 4.78 is 5.70. The number of rotatable bonds is 6. The summed E-state index contributed by atoms with van der Waals surface area (Å²) in [6.07, 6.45) is 7.49. The highest BCUT2D eigenvalue weighted by molar-refractivity contribution is 6.30. The van der Waals surface area contributed by atoms with E-state index < -0.39 is 12.0 Å². The molecule has 1 N–H and O–H groups in total. The first-order valence-corrected chi connectivity index (χ1v) is 9.08. The molecule has 0 unspecified atom stereocenters.